The normalized spacial score (nSPS) is 17.9. The summed E-state index contributed by atoms with van der Waals surface area (Å²) in [6.07, 6.45) is -4.04. The Morgan fingerprint density at radius 2 is 1.78 bits per heavy atom. The summed E-state index contributed by atoms with van der Waals surface area (Å²) in [6.45, 7) is 6.58. The van der Waals surface area contributed by atoms with Crippen LogP contribution >= 0.6 is 12.4 Å². The zero-order valence-electron chi connectivity index (χ0n) is 13.3. The Bertz CT molecular complexity index is 499. The van der Waals surface area contributed by atoms with Crippen molar-refractivity contribution in [2.24, 2.45) is 5.92 Å². The van der Waals surface area contributed by atoms with Gasteiger partial charge in [-0.05, 0) is 24.5 Å². The highest BCUT2D eigenvalue weighted by molar-refractivity contribution is 5.85. The van der Waals surface area contributed by atoms with Gasteiger partial charge in [-0.2, -0.15) is 13.2 Å². The molecule has 2 rings (SSSR count). The molecule has 0 saturated carbocycles. The molecule has 1 aliphatic heterocycles. The van der Waals surface area contributed by atoms with Gasteiger partial charge in [-0.15, -0.1) is 12.4 Å². The fourth-order valence-electron chi connectivity index (χ4n) is 3.01. The first-order valence-electron chi connectivity index (χ1n) is 7.61. The van der Waals surface area contributed by atoms with Gasteiger partial charge in [-0.25, -0.2) is 4.39 Å². The molecule has 1 atom stereocenters. The number of piperazine rings is 1. The van der Waals surface area contributed by atoms with E-state index in [1.165, 1.54) is 0 Å². The van der Waals surface area contributed by atoms with Crippen LogP contribution in [0.2, 0.25) is 0 Å². The molecular weight excluding hydrogens is 332 g/mol. The number of nitrogens with zero attached hydrogens (tertiary/aromatic N) is 1. The third kappa shape index (κ3) is 5.06. The van der Waals surface area contributed by atoms with Gasteiger partial charge in [0, 0.05) is 37.8 Å². The Balaban J connectivity index is 0.00000264. The highest BCUT2D eigenvalue weighted by atomic mass is 35.5. The summed E-state index contributed by atoms with van der Waals surface area (Å²) in [5, 5.41) is 3.18. The van der Waals surface area contributed by atoms with Crippen molar-refractivity contribution in [1.29, 1.82) is 0 Å². The van der Waals surface area contributed by atoms with Gasteiger partial charge in [0.1, 0.15) is 5.82 Å². The summed E-state index contributed by atoms with van der Waals surface area (Å²) < 4.78 is 54.2. The number of halogens is 5. The first kappa shape index (κ1) is 20.2. The minimum atomic E-state index is -4.54. The van der Waals surface area contributed by atoms with Crippen LogP contribution in [0.5, 0.6) is 0 Å². The summed E-state index contributed by atoms with van der Waals surface area (Å²) in [5.41, 5.74) is -1.05. The van der Waals surface area contributed by atoms with Gasteiger partial charge in [0.2, 0.25) is 0 Å². The van der Waals surface area contributed by atoms with Gasteiger partial charge in [-0.3, -0.25) is 4.90 Å². The van der Waals surface area contributed by atoms with Crippen molar-refractivity contribution >= 4 is 12.4 Å². The second-order valence-electron chi connectivity index (χ2n) is 6.13. The molecule has 1 fully saturated rings. The fourth-order valence-corrected chi connectivity index (χ4v) is 3.01. The van der Waals surface area contributed by atoms with Crippen molar-refractivity contribution in [2.75, 3.05) is 26.2 Å². The largest absolute Gasteiger partial charge is 0.416 e. The van der Waals surface area contributed by atoms with Crippen molar-refractivity contribution in [3.63, 3.8) is 0 Å². The zero-order chi connectivity index (χ0) is 16.3. The van der Waals surface area contributed by atoms with Gasteiger partial charge in [0.15, 0.2) is 0 Å². The predicted molar refractivity (Wildman–Crippen MR) is 85.3 cm³/mol. The minimum Gasteiger partial charge on any atom is -0.314 e. The first-order chi connectivity index (χ1) is 10.3. The van der Waals surface area contributed by atoms with Crippen LogP contribution in [0.1, 0.15) is 37.4 Å². The van der Waals surface area contributed by atoms with Crippen molar-refractivity contribution in [3.05, 3.63) is 35.1 Å². The van der Waals surface area contributed by atoms with Gasteiger partial charge >= 0.3 is 6.18 Å². The van der Waals surface area contributed by atoms with Crippen LogP contribution in [0.4, 0.5) is 17.6 Å². The first-order valence-corrected chi connectivity index (χ1v) is 7.61. The molecule has 7 heteroatoms. The van der Waals surface area contributed by atoms with E-state index >= 15 is 0 Å². The van der Waals surface area contributed by atoms with Crippen LogP contribution < -0.4 is 5.32 Å². The maximum Gasteiger partial charge on any atom is 0.416 e. The summed E-state index contributed by atoms with van der Waals surface area (Å²) in [5.74, 6) is -0.584. The van der Waals surface area contributed by atoms with Gasteiger partial charge in [0.05, 0.1) is 5.56 Å². The molecule has 1 N–H and O–H groups in total. The van der Waals surface area contributed by atoms with Crippen LogP contribution in [0, 0.1) is 11.7 Å². The summed E-state index contributed by atoms with van der Waals surface area (Å²) in [4.78, 5) is 1.96. The second-order valence-corrected chi connectivity index (χ2v) is 6.13. The topological polar surface area (TPSA) is 15.3 Å². The Labute approximate surface area is 140 Å². The molecule has 0 aliphatic carbocycles. The predicted octanol–water partition coefficient (Wildman–Crippen LogP) is 4.26. The number of benzene rings is 1. The van der Waals surface area contributed by atoms with Crippen LogP contribution in [0.25, 0.3) is 0 Å². The molecule has 1 saturated heterocycles. The van der Waals surface area contributed by atoms with Crippen LogP contribution in [-0.2, 0) is 6.18 Å². The maximum absolute atomic E-state index is 14.3. The average molecular weight is 355 g/mol. The molecule has 0 aromatic heterocycles. The van der Waals surface area contributed by atoms with E-state index in [1.807, 2.05) is 18.7 Å². The molecule has 0 bridgehead atoms. The molecule has 0 spiro atoms. The fraction of sp³-hybridized carbons (Fsp3) is 0.625. The molecule has 132 valence electrons. The standard InChI is InChI=1S/C16H22F4N2.ClH/c1-11(2)10-14(22-8-6-21-7-9-22)15-12(16(18,19)20)4-3-5-13(15)17;/h3-5,11,14,21H,6-10H2,1-2H3;1H/t14-;/m0./s1. The third-order valence-electron chi connectivity index (χ3n) is 3.98. The van der Waals surface area contributed by atoms with E-state index in [9.17, 15) is 17.6 Å². The van der Waals surface area contributed by atoms with Crippen LogP contribution in [-0.4, -0.2) is 31.1 Å². The molecule has 1 aromatic rings. The monoisotopic (exact) mass is 354 g/mol. The Kier molecular flexibility index (Phi) is 7.29. The summed E-state index contributed by atoms with van der Waals surface area (Å²) >= 11 is 0. The quantitative estimate of drug-likeness (QED) is 0.813. The molecule has 2 nitrogen and oxygen atoms in total. The average Bonchev–Trinajstić information content (AvgIpc) is 2.44. The molecule has 1 heterocycles. The van der Waals surface area contributed by atoms with Crippen LogP contribution in [0.3, 0.4) is 0 Å². The van der Waals surface area contributed by atoms with Crippen molar-refractivity contribution in [3.8, 4) is 0 Å². The summed E-state index contributed by atoms with van der Waals surface area (Å²) in [6, 6.07) is 2.69. The van der Waals surface area contributed by atoms with E-state index < -0.39 is 23.6 Å². The number of nitrogens with one attached hydrogen (secondary N) is 1. The Morgan fingerprint density at radius 3 is 2.30 bits per heavy atom. The molecule has 23 heavy (non-hydrogen) atoms. The molecule has 1 aromatic carbocycles. The minimum absolute atomic E-state index is 0. The lowest BCUT2D eigenvalue weighted by Crippen LogP contribution is -2.46. The molecule has 0 amide bonds. The summed E-state index contributed by atoms with van der Waals surface area (Å²) in [7, 11) is 0. The van der Waals surface area contributed by atoms with E-state index in [4.69, 9.17) is 0 Å². The van der Waals surface area contributed by atoms with E-state index in [0.29, 0.717) is 32.6 Å². The van der Waals surface area contributed by atoms with E-state index in [0.717, 1.165) is 18.2 Å². The lowest BCUT2D eigenvalue weighted by atomic mass is 9.91. The van der Waals surface area contributed by atoms with Crippen molar-refractivity contribution < 1.29 is 17.6 Å². The van der Waals surface area contributed by atoms with Crippen molar-refractivity contribution in [2.45, 2.75) is 32.5 Å². The number of rotatable bonds is 4. The SMILES string of the molecule is CC(C)C[C@@H](c1c(F)cccc1C(F)(F)F)N1CCNCC1.Cl. The Hall–Kier alpha value is -0.850. The lowest BCUT2D eigenvalue weighted by molar-refractivity contribution is -0.139. The number of hydrogen-bond acceptors (Lipinski definition) is 2. The number of alkyl halides is 3. The third-order valence-corrected chi connectivity index (χ3v) is 3.98. The van der Waals surface area contributed by atoms with Crippen LogP contribution in [0.15, 0.2) is 18.2 Å². The van der Waals surface area contributed by atoms with E-state index in [-0.39, 0.29) is 23.9 Å². The number of hydrogen-bond donors (Lipinski definition) is 1. The zero-order valence-corrected chi connectivity index (χ0v) is 14.1. The maximum atomic E-state index is 14.3. The van der Waals surface area contributed by atoms with E-state index in [2.05, 4.69) is 5.32 Å². The van der Waals surface area contributed by atoms with Crippen molar-refractivity contribution in [1.82, 2.24) is 10.2 Å². The molecular formula is C16H23ClF4N2. The highest BCUT2D eigenvalue weighted by Crippen LogP contribution is 2.40. The van der Waals surface area contributed by atoms with Gasteiger partial charge in [0.25, 0.3) is 0 Å². The smallest absolute Gasteiger partial charge is 0.314 e. The lowest BCUT2D eigenvalue weighted by Gasteiger charge is -2.37. The molecule has 0 unspecified atom stereocenters. The van der Waals surface area contributed by atoms with Gasteiger partial charge in [-0.1, -0.05) is 19.9 Å². The Morgan fingerprint density at radius 1 is 1.17 bits per heavy atom. The van der Waals surface area contributed by atoms with E-state index in [1.54, 1.807) is 0 Å². The second kappa shape index (κ2) is 8.31. The highest BCUT2D eigenvalue weighted by Gasteiger charge is 2.38. The molecule has 0 radical (unpaired) electrons. The molecule has 1 aliphatic rings. The van der Waals surface area contributed by atoms with Gasteiger partial charge < -0.3 is 5.32 Å².